The number of rotatable bonds is 4. The summed E-state index contributed by atoms with van der Waals surface area (Å²) in [7, 11) is 1.69. The normalized spacial score (nSPS) is 18.0. The highest BCUT2D eigenvalue weighted by molar-refractivity contribution is 6.00. The van der Waals surface area contributed by atoms with Gasteiger partial charge >= 0.3 is 0 Å². The van der Waals surface area contributed by atoms with Gasteiger partial charge in [0.05, 0.1) is 31.4 Å². The molecule has 1 saturated heterocycles. The highest BCUT2D eigenvalue weighted by Gasteiger charge is 2.23. The van der Waals surface area contributed by atoms with E-state index in [1.165, 1.54) is 0 Å². The van der Waals surface area contributed by atoms with Crippen molar-refractivity contribution in [1.82, 2.24) is 9.97 Å². The lowest BCUT2D eigenvalue weighted by Crippen LogP contribution is -2.45. The Bertz CT molecular complexity index is 1350. The molecule has 1 aliphatic rings. The summed E-state index contributed by atoms with van der Waals surface area (Å²) < 4.78 is 11.7. The number of ether oxygens (including phenoxy) is 2. The lowest BCUT2D eigenvalue weighted by Gasteiger charge is -2.36. The molecular weight excluding hydrogens is 424 g/mol. The van der Waals surface area contributed by atoms with Gasteiger partial charge in [0.2, 0.25) is 0 Å². The van der Waals surface area contributed by atoms with Gasteiger partial charge in [-0.1, -0.05) is 36.4 Å². The maximum Gasteiger partial charge on any atom is 0.187 e. The van der Waals surface area contributed by atoms with Crippen LogP contribution in [0.2, 0.25) is 0 Å². The zero-order valence-corrected chi connectivity index (χ0v) is 19.5. The Morgan fingerprint density at radius 2 is 1.65 bits per heavy atom. The number of benzene rings is 2. The Kier molecular flexibility index (Phi) is 5.87. The fourth-order valence-corrected chi connectivity index (χ4v) is 4.67. The minimum atomic E-state index is 0.182. The van der Waals surface area contributed by atoms with Gasteiger partial charge in [-0.3, -0.25) is 4.98 Å². The van der Waals surface area contributed by atoms with E-state index in [2.05, 4.69) is 35.7 Å². The van der Waals surface area contributed by atoms with Crippen molar-refractivity contribution < 1.29 is 9.47 Å². The molecule has 0 bridgehead atoms. The lowest BCUT2D eigenvalue weighted by molar-refractivity contribution is -0.00545. The van der Waals surface area contributed by atoms with Gasteiger partial charge in [0.1, 0.15) is 11.6 Å². The number of morpholine rings is 1. The molecule has 2 aromatic heterocycles. The summed E-state index contributed by atoms with van der Waals surface area (Å²) in [5.41, 5.74) is 5.35. The van der Waals surface area contributed by atoms with Crippen LogP contribution in [0.1, 0.15) is 13.8 Å². The predicted octanol–water partition coefficient (Wildman–Crippen LogP) is 6.14. The molecule has 0 N–H and O–H groups in total. The van der Waals surface area contributed by atoms with Crippen LogP contribution in [0.25, 0.3) is 38.0 Å². The minimum Gasteiger partial charge on any atom is -0.495 e. The molecule has 0 saturated carbocycles. The van der Waals surface area contributed by atoms with Crippen LogP contribution in [-0.2, 0) is 4.74 Å². The van der Waals surface area contributed by atoms with Gasteiger partial charge in [-0.15, -0.1) is 0 Å². The number of fused-ring (bicyclic) bond motifs is 1. The highest BCUT2D eigenvalue weighted by atomic mass is 16.5. The van der Waals surface area contributed by atoms with Crippen molar-refractivity contribution in [3.63, 3.8) is 0 Å². The molecule has 170 valence electrons. The predicted molar refractivity (Wildman–Crippen MR) is 135 cm³/mol. The molecule has 0 aliphatic carbocycles. The van der Waals surface area contributed by atoms with Gasteiger partial charge in [0, 0.05) is 47.6 Å². The van der Waals surface area contributed by atoms with E-state index < -0.39 is 0 Å². The summed E-state index contributed by atoms with van der Waals surface area (Å²) in [6.45, 7) is 13.0. The number of hydrogen-bond acceptors (Lipinski definition) is 5. The number of methoxy groups -OCH3 is 1. The van der Waals surface area contributed by atoms with E-state index in [9.17, 15) is 0 Å². The second-order valence-corrected chi connectivity index (χ2v) is 8.63. The molecule has 6 nitrogen and oxygen atoms in total. The van der Waals surface area contributed by atoms with E-state index in [0.717, 1.165) is 57.8 Å². The maximum atomic E-state index is 7.18. The van der Waals surface area contributed by atoms with Gasteiger partial charge < -0.3 is 14.4 Å². The van der Waals surface area contributed by atoms with Gasteiger partial charge in [-0.05, 0) is 37.6 Å². The van der Waals surface area contributed by atoms with Crippen molar-refractivity contribution in [3.8, 4) is 28.0 Å². The zero-order valence-electron chi connectivity index (χ0n) is 19.5. The maximum absolute atomic E-state index is 7.18. The van der Waals surface area contributed by atoms with E-state index in [0.29, 0.717) is 5.69 Å². The van der Waals surface area contributed by atoms with Crippen LogP contribution in [0.3, 0.4) is 0 Å². The van der Waals surface area contributed by atoms with Crippen LogP contribution in [-0.4, -0.2) is 42.4 Å². The largest absolute Gasteiger partial charge is 0.495 e. The van der Waals surface area contributed by atoms with E-state index in [-0.39, 0.29) is 12.2 Å². The van der Waals surface area contributed by atoms with E-state index in [1.807, 2.05) is 54.9 Å². The Balaban J connectivity index is 1.52. The monoisotopic (exact) mass is 450 g/mol. The number of hydrogen-bond donors (Lipinski definition) is 0. The first-order valence-corrected chi connectivity index (χ1v) is 11.4. The smallest absolute Gasteiger partial charge is 0.187 e. The average Bonchev–Trinajstić information content (AvgIpc) is 2.87. The molecule has 0 unspecified atom stereocenters. The molecule has 0 radical (unpaired) electrons. The van der Waals surface area contributed by atoms with Crippen LogP contribution in [0, 0.1) is 6.57 Å². The van der Waals surface area contributed by atoms with E-state index in [4.69, 9.17) is 26.0 Å². The van der Waals surface area contributed by atoms with Gasteiger partial charge in [0.15, 0.2) is 5.69 Å². The molecule has 34 heavy (non-hydrogen) atoms. The van der Waals surface area contributed by atoms with Crippen LogP contribution in [0.5, 0.6) is 5.75 Å². The number of pyridine rings is 2. The van der Waals surface area contributed by atoms with Gasteiger partial charge in [-0.25, -0.2) is 9.83 Å². The third-order valence-corrected chi connectivity index (χ3v) is 6.16. The molecule has 1 fully saturated rings. The number of nitrogens with zero attached hydrogens (tertiary/aromatic N) is 4. The standard InChI is InChI=1S/C28H26N4O2/c1-18-16-32(17-19(2)34-18)26-13-10-21(14-30-26)25-15-31-27-23(6-5-7-24(27)28(25)33-4)20-8-11-22(29-3)12-9-20/h5-15,18-19H,16-17H2,1-2,4H3/t18-,19+. The number of para-hydroxylation sites is 1. The van der Waals surface area contributed by atoms with E-state index >= 15 is 0 Å². The average molecular weight is 451 g/mol. The summed E-state index contributed by atoms with van der Waals surface area (Å²) in [4.78, 5) is 15.3. The lowest BCUT2D eigenvalue weighted by atomic mass is 9.99. The molecule has 1 aliphatic heterocycles. The summed E-state index contributed by atoms with van der Waals surface area (Å²) in [6.07, 6.45) is 4.11. The Morgan fingerprint density at radius 3 is 2.29 bits per heavy atom. The molecule has 0 amide bonds. The summed E-state index contributed by atoms with van der Waals surface area (Å²) >= 11 is 0. The minimum absolute atomic E-state index is 0.182. The molecule has 0 spiro atoms. The number of aromatic nitrogens is 2. The number of anilines is 1. The van der Waals surface area contributed by atoms with Gasteiger partial charge in [-0.2, -0.15) is 0 Å². The molecule has 5 rings (SSSR count). The molecule has 6 heteroatoms. The van der Waals surface area contributed by atoms with Crippen molar-refractivity contribution >= 4 is 22.4 Å². The van der Waals surface area contributed by atoms with Crippen LogP contribution < -0.4 is 9.64 Å². The highest BCUT2D eigenvalue weighted by Crippen LogP contribution is 2.39. The first kappa shape index (κ1) is 21.9. The van der Waals surface area contributed by atoms with Crippen LogP contribution in [0.15, 0.2) is 67.0 Å². The summed E-state index contributed by atoms with van der Waals surface area (Å²) in [6, 6.07) is 17.8. The topological polar surface area (TPSA) is 51.8 Å². The molecule has 2 atom stereocenters. The first-order chi connectivity index (χ1) is 16.6. The molecular formula is C28H26N4O2. The first-order valence-electron chi connectivity index (χ1n) is 11.4. The van der Waals surface area contributed by atoms with Crippen molar-refractivity contribution in [2.24, 2.45) is 0 Å². The fraction of sp³-hybridized carbons (Fsp3) is 0.250. The van der Waals surface area contributed by atoms with Crippen molar-refractivity contribution in [2.75, 3.05) is 25.1 Å². The quantitative estimate of drug-likeness (QED) is 0.350. The molecule has 3 heterocycles. The van der Waals surface area contributed by atoms with E-state index in [1.54, 1.807) is 7.11 Å². The van der Waals surface area contributed by atoms with Crippen molar-refractivity contribution in [1.29, 1.82) is 0 Å². The Labute approximate surface area is 199 Å². The summed E-state index contributed by atoms with van der Waals surface area (Å²) in [5, 5.41) is 0.937. The van der Waals surface area contributed by atoms with Crippen molar-refractivity contribution in [3.05, 3.63) is 78.4 Å². The molecule has 4 aromatic rings. The van der Waals surface area contributed by atoms with Crippen LogP contribution in [0.4, 0.5) is 11.5 Å². The van der Waals surface area contributed by atoms with Gasteiger partial charge in [0.25, 0.3) is 0 Å². The fourth-order valence-electron chi connectivity index (χ4n) is 4.67. The molecule has 2 aromatic carbocycles. The van der Waals surface area contributed by atoms with Crippen LogP contribution >= 0.6 is 0 Å². The summed E-state index contributed by atoms with van der Waals surface area (Å²) in [5.74, 6) is 1.72. The van der Waals surface area contributed by atoms with Crippen molar-refractivity contribution in [2.45, 2.75) is 26.1 Å². The second kappa shape index (κ2) is 9.12. The SMILES string of the molecule is [C-]#[N+]c1ccc(-c2cccc3c(OC)c(-c4ccc(N5C[C@@H](C)O[C@@H](C)C5)nc4)cnc23)cc1. The zero-order chi connectivity index (χ0) is 23.7. The Hall–Kier alpha value is -3.95. The third kappa shape index (κ3) is 4.07. The Morgan fingerprint density at radius 1 is 0.912 bits per heavy atom. The second-order valence-electron chi connectivity index (χ2n) is 8.63. The third-order valence-electron chi connectivity index (χ3n) is 6.16.